The number of benzene rings is 2. The zero-order valence-electron chi connectivity index (χ0n) is 21.8. The molecule has 0 aromatic heterocycles. The summed E-state index contributed by atoms with van der Waals surface area (Å²) in [6.07, 6.45) is 11.4. The predicted octanol–water partition coefficient (Wildman–Crippen LogP) is 4.15. The second kappa shape index (κ2) is 11.4. The van der Waals surface area contributed by atoms with Gasteiger partial charge in [-0.2, -0.15) is 0 Å². The zero-order valence-corrected chi connectivity index (χ0v) is 21.8. The number of aliphatic hydroxyl groups excluding tert-OH is 1. The number of hydrogen-bond donors (Lipinski definition) is 3. The van der Waals surface area contributed by atoms with Gasteiger partial charge in [0, 0.05) is 12.8 Å². The van der Waals surface area contributed by atoms with Crippen LogP contribution in [0.2, 0.25) is 0 Å². The SMILES string of the molecule is CCc1ccc2c(c1)[C@@H]([NH2+]C[C@@H](O)[C@@H]1Cc3cccc(c3)CCCCCCC(=O)N1)CC1(CCC1)O2. The van der Waals surface area contributed by atoms with Crippen molar-refractivity contribution in [3.63, 3.8) is 0 Å². The fourth-order valence-corrected chi connectivity index (χ4v) is 6.24. The van der Waals surface area contributed by atoms with Gasteiger partial charge in [-0.3, -0.25) is 4.79 Å². The Labute approximate surface area is 216 Å². The van der Waals surface area contributed by atoms with Crippen LogP contribution in [-0.2, 0) is 24.1 Å². The molecule has 2 heterocycles. The number of quaternary nitrogens is 1. The minimum absolute atomic E-state index is 0.0345. The van der Waals surface area contributed by atoms with Crippen molar-refractivity contribution in [1.82, 2.24) is 5.32 Å². The van der Waals surface area contributed by atoms with Gasteiger partial charge < -0.3 is 20.5 Å². The van der Waals surface area contributed by atoms with E-state index >= 15 is 0 Å². The molecule has 1 aliphatic carbocycles. The maximum Gasteiger partial charge on any atom is 0.220 e. The summed E-state index contributed by atoms with van der Waals surface area (Å²) in [5.41, 5.74) is 5.09. The van der Waals surface area contributed by atoms with Gasteiger partial charge in [-0.05, 0) is 80.2 Å². The third-order valence-electron chi connectivity index (χ3n) is 8.60. The predicted molar refractivity (Wildman–Crippen MR) is 142 cm³/mol. The molecule has 1 spiro atoms. The molecule has 3 atom stereocenters. The summed E-state index contributed by atoms with van der Waals surface area (Å²) in [5, 5.41) is 16.9. The number of hydrogen-bond acceptors (Lipinski definition) is 3. The molecule has 2 aromatic carbocycles. The van der Waals surface area contributed by atoms with Crippen LogP contribution in [0.3, 0.4) is 0 Å². The number of aliphatic hydroxyl groups is 1. The number of carbonyl (C=O) groups is 1. The molecule has 5 nitrogen and oxygen atoms in total. The minimum Gasteiger partial charge on any atom is -0.486 e. The molecule has 0 radical (unpaired) electrons. The Morgan fingerprint density at radius 1 is 1.06 bits per heavy atom. The van der Waals surface area contributed by atoms with E-state index in [1.165, 1.54) is 35.1 Å². The van der Waals surface area contributed by atoms with Crippen LogP contribution in [-0.4, -0.2) is 35.3 Å². The lowest BCUT2D eigenvalue weighted by Crippen LogP contribution is -2.89. The highest BCUT2D eigenvalue weighted by Gasteiger charge is 2.47. The average Bonchev–Trinajstić information content (AvgIpc) is 2.88. The van der Waals surface area contributed by atoms with Gasteiger partial charge in [0.1, 0.15) is 30.0 Å². The van der Waals surface area contributed by atoms with E-state index in [-0.39, 0.29) is 23.6 Å². The van der Waals surface area contributed by atoms with Gasteiger partial charge in [-0.1, -0.05) is 50.1 Å². The second-order valence-electron chi connectivity index (χ2n) is 11.3. The Kier molecular flexibility index (Phi) is 7.97. The first-order chi connectivity index (χ1) is 17.5. The van der Waals surface area contributed by atoms with Crippen LogP contribution in [0.1, 0.15) is 93.0 Å². The zero-order chi connectivity index (χ0) is 25.0. The number of amides is 1. The first kappa shape index (κ1) is 25.3. The molecular formula is C31H43N2O3+. The lowest BCUT2D eigenvalue weighted by molar-refractivity contribution is -0.705. The molecule has 194 valence electrons. The molecule has 4 N–H and O–H groups in total. The topological polar surface area (TPSA) is 75.2 Å². The molecular weight excluding hydrogens is 448 g/mol. The van der Waals surface area contributed by atoms with Crippen LogP contribution in [0.4, 0.5) is 0 Å². The van der Waals surface area contributed by atoms with Gasteiger partial charge in [0.25, 0.3) is 0 Å². The Morgan fingerprint density at radius 3 is 2.64 bits per heavy atom. The van der Waals surface area contributed by atoms with Crippen molar-refractivity contribution in [2.24, 2.45) is 0 Å². The highest BCUT2D eigenvalue weighted by Crippen LogP contribution is 2.47. The fourth-order valence-electron chi connectivity index (χ4n) is 6.24. The first-order valence-corrected chi connectivity index (χ1v) is 14.2. The number of fused-ring (bicyclic) bond motifs is 3. The highest BCUT2D eigenvalue weighted by atomic mass is 16.5. The van der Waals surface area contributed by atoms with Gasteiger partial charge in [0.15, 0.2) is 0 Å². The van der Waals surface area contributed by atoms with Crippen molar-refractivity contribution < 1.29 is 20.0 Å². The fraction of sp³-hybridized carbons (Fsp3) is 0.581. The molecule has 2 aromatic rings. The maximum atomic E-state index is 12.7. The highest BCUT2D eigenvalue weighted by molar-refractivity contribution is 5.76. The van der Waals surface area contributed by atoms with Crippen LogP contribution in [0.25, 0.3) is 0 Å². The first-order valence-electron chi connectivity index (χ1n) is 14.2. The molecule has 1 fully saturated rings. The monoisotopic (exact) mass is 491 g/mol. The summed E-state index contributed by atoms with van der Waals surface area (Å²) in [5.74, 6) is 1.08. The number of nitrogens with one attached hydrogen (secondary N) is 1. The molecule has 0 saturated heterocycles. The van der Waals surface area contributed by atoms with Crippen LogP contribution in [0.5, 0.6) is 5.75 Å². The van der Waals surface area contributed by atoms with Crippen LogP contribution in [0, 0.1) is 0 Å². The van der Waals surface area contributed by atoms with Crippen molar-refractivity contribution in [2.45, 2.75) is 108 Å². The van der Waals surface area contributed by atoms with E-state index < -0.39 is 6.10 Å². The van der Waals surface area contributed by atoms with E-state index in [1.54, 1.807) is 0 Å². The van der Waals surface area contributed by atoms with Crippen LogP contribution in [0.15, 0.2) is 42.5 Å². The maximum absolute atomic E-state index is 12.7. The molecule has 0 unspecified atom stereocenters. The summed E-state index contributed by atoms with van der Waals surface area (Å²) >= 11 is 0. The number of rotatable bonds is 5. The molecule has 3 aliphatic rings. The van der Waals surface area contributed by atoms with Crippen molar-refractivity contribution >= 4 is 5.91 Å². The number of nitrogens with two attached hydrogens (primary N) is 1. The Bertz CT molecular complexity index is 1050. The molecule has 1 amide bonds. The van der Waals surface area contributed by atoms with E-state index in [9.17, 15) is 9.90 Å². The van der Waals surface area contributed by atoms with E-state index in [2.05, 4.69) is 60.0 Å². The average molecular weight is 492 g/mol. The molecule has 5 heteroatoms. The van der Waals surface area contributed by atoms with Crippen molar-refractivity contribution in [3.8, 4) is 5.75 Å². The van der Waals surface area contributed by atoms with Crippen LogP contribution >= 0.6 is 0 Å². The molecule has 2 aliphatic heterocycles. The van der Waals surface area contributed by atoms with Crippen LogP contribution < -0.4 is 15.4 Å². The van der Waals surface area contributed by atoms with Gasteiger partial charge in [0.2, 0.25) is 5.91 Å². The van der Waals surface area contributed by atoms with E-state index in [4.69, 9.17) is 4.74 Å². The summed E-state index contributed by atoms with van der Waals surface area (Å²) < 4.78 is 6.50. The molecule has 2 bridgehead atoms. The smallest absolute Gasteiger partial charge is 0.220 e. The Morgan fingerprint density at radius 2 is 1.86 bits per heavy atom. The van der Waals surface area contributed by atoms with Crippen molar-refractivity contribution in [3.05, 3.63) is 64.7 Å². The third kappa shape index (κ3) is 5.95. The van der Waals surface area contributed by atoms with Gasteiger partial charge >= 0.3 is 0 Å². The van der Waals surface area contributed by atoms with Crippen molar-refractivity contribution in [2.75, 3.05) is 6.54 Å². The largest absolute Gasteiger partial charge is 0.486 e. The summed E-state index contributed by atoms with van der Waals surface area (Å²) in [6, 6.07) is 15.3. The van der Waals surface area contributed by atoms with Gasteiger partial charge in [-0.25, -0.2) is 0 Å². The lowest BCUT2D eigenvalue weighted by atomic mass is 9.72. The number of ether oxygens (including phenoxy) is 1. The lowest BCUT2D eigenvalue weighted by Gasteiger charge is -2.47. The number of carbonyl (C=O) groups excluding carboxylic acids is 1. The Balaban J connectivity index is 1.31. The standard InChI is InChI=1S/C31H42N2O3/c1-2-22-13-14-29-25(18-22)27(20-31(36-29)15-8-16-31)32-21-28(34)26-19-24-11-7-10-23(17-24)9-5-3-4-6-12-30(35)33-26/h7,10-11,13-14,17-18,26-28,32,34H,2-6,8-9,12,15-16,19-21H2,1H3,(H,33,35)/p+1/t26-,27-,28+/m0/s1. The van der Waals surface area contributed by atoms with E-state index in [0.717, 1.165) is 57.1 Å². The molecule has 36 heavy (non-hydrogen) atoms. The van der Waals surface area contributed by atoms with Gasteiger partial charge in [0.05, 0.1) is 11.6 Å². The molecule has 1 saturated carbocycles. The normalized spacial score (nSPS) is 24.7. The van der Waals surface area contributed by atoms with Gasteiger partial charge in [-0.15, -0.1) is 0 Å². The second-order valence-corrected chi connectivity index (χ2v) is 11.3. The summed E-state index contributed by atoms with van der Waals surface area (Å²) in [7, 11) is 0. The van der Waals surface area contributed by atoms with E-state index in [1.807, 2.05) is 0 Å². The minimum atomic E-state index is -0.624. The van der Waals surface area contributed by atoms with E-state index in [0.29, 0.717) is 19.4 Å². The Hall–Kier alpha value is -2.37. The third-order valence-corrected chi connectivity index (χ3v) is 8.60. The quantitative estimate of drug-likeness (QED) is 0.588. The van der Waals surface area contributed by atoms with Crippen molar-refractivity contribution in [1.29, 1.82) is 0 Å². The number of aryl methyl sites for hydroxylation is 2. The molecule has 5 rings (SSSR count). The summed E-state index contributed by atoms with van der Waals surface area (Å²) in [6.45, 7) is 2.74. The summed E-state index contributed by atoms with van der Waals surface area (Å²) in [4.78, 5) is 12.7.